The van der Waals surface area contributed by atoms with Crippen LogP contribution in [0.1, 0.15) is 11.6 Å². The lowest BCUT2D eigenvalue weighted by Crippen LogP contribution is -2.43. The summed E-state index contributed by atoms with van der Waals surface area (Å²) in [6.07, 6.45) is 0. The number of anilines is 1. The van der Waals surface area contributed by atoms with Gasteiger partial charge in [0.25, 0.3) is 0 Å². The molecule has 0 radical (unpaired) electrons. The molecule has 126 valence electrons. The summed E-state index contributed by atoms with van der Waals surface area (Å²) in [4.78, 5) is 14.3. The van der Waals surface area contributed by atoms with Crippen LogP contribution in [0.3, 0.4) is 0 Å². The van der Waals surface area contributed by atoms with Crippen molar-refractivity contribution in [1.82, 2.24) is 4.90 Å². The highest BCUT2D eigenvalue weighted by molar-refractivity contribution is 9.10. The van der Waals surface area contributed by atoms with Crippen LogP contribution in [0.5, 0.6) is 5.75 Å². The Bertz CT molecular complexity index is 723. The van der Waals surface area contributed by atoms with Crippen LogP contribution in [-0.4, -0.2) is 36.3 Å². The van der Waals surface area contributed by atoms with Crippen molar-refractivity contribution < 1.29 is 14.6 Å². The van der Waals surface area contributed by atoms with E-state index in [1.165, 1.54) is 0 Å². The lowest BCUT2D eigenvalue weighted by Gasteiger charge is -2.38. The summed E-state index contributed by atoms with van der Waals surface area (Å²) in [6, 6.07) is 14.5. The third-order valence-electron chi connectivity index (χ3n) is 4.19. The fourth-order valence-electron chi connectivity index (χ4n) is 2.96. The highest BCUT2D eigenvalue weighted by atomic mass is 79.9. The summed E-state index contributed by atoms with van der Waals surface area (Å²) in [5.74, 6) is 0.561. The maximum Gasteiger partial charge on any atom is 0.322 e. The Labute approximate surface area is 149 Å². The van der Waals surface area contributed by atoms with Gasteiger partial charge in [0, 0.05) is 28.7 Å². The molecule has 0 saturated carbocycles. The van der Waals surface area contributed by atoms with E-state index in [2.05, 4.69) is 21.2 Å². The molecule has 0 saturated heterocycles. The summed E-state index contributed by atoms with van der Waals surface area (Å²) >= 11 is 3.46. The van der Waals surface area contributed by atoms with Gasteiger partial charge < -0.3 is 20.1 Å². The molecule has 24 heavy (non-hydrogen) atoms. The summed E-state index contributed by atoms with van der Waals surface area (Å²) < 4.78 is 6.63. The van der Waals surface area contributed by atoms with E-state index in [4.69, 9.17) is 4.74 Å². The quantitative estimate of drug-likeness (QED) is 0.840. The van der Waals surface area contributed by atoms with Crippen molar-refractivity contribution in [2.24, 2.45) is 5.92 Å². The molecule has 2 aromatic carbocycles. The number of halogens is 1. The number of amides is 2. The van der Waals surface area contributed by atoms with E-state index in [0.29, 0.717) is 6.61 Å². The van der Waals surface area contributed by atoms with Gasteiger partial charge in [-0.3, -0.25) is 0 Å². The molecule has 1 heterocycles. The summed E-state index contributed by atoms with van der Waals surface area (Å²) in [5.41, 5.74) is 1.62. The smallest absolute Gasteiger partial charge is 0.322 e. The minimum Gasteiger partial charge on any atom is -0.493 e. The zero-order valence-corrected chi connectivity index (χ0v) is 14.9. The number of aliphatic hydroxyl groups excluding tert-OH is 1. The van der Waals surface area contributed by atoms with Crippen molar-refractivity contribution in [2.45, 2.75) is 6.04 Å². The van der Waals surface area contributed by atoms with Crippen LogP contribution in [0.4, 0.5) is 10.5 Å². The van der Waals surface area contributed by atoms with Crippen LogP contribution in [-0.2, 0) is 0 Å². The highest BCUT2D eigenvalue weighted by Gasteiger charge is 2.35. The largest absolute Gasteiger partial charge is 0.493 e. The van der Waals surface area contributed by atoms with Crippen molar-refractivity contribution >= 4 is 27.6 Å². The Balaban J connectivity index is 1.88. The number of hydrogen-bond donors (Lipinski definition) is 2. The predicted molar refractivity (Wildman–Crippen MR) is 96.2 cm³/mol. The monoisotopic (exact) mass is 390 g/mol. The van der Waals surface area contributed by atoms with E-state index >= 15 is 0 Å². The fraction of sp³-hybridized carbons (Fsp3) is 0.278. The summed E-state index contributed by atoms with van der Waals surface area (Å²) in [7, 11) is 1.74. The molecule has 0 unspecified atom stereocenters. The van der Waals surface area contributed by atoms with Gasteiger partial charge in [0.15, 0.2) is 0 Å². The van der Waals surface area contributed by atoms with E-state index in [-0.39, 0.29) is 24.6 Å². The van der Waals surface area contributed by atoms with Gasteiger partial charge in [-0.2, -0.15) is 0 Å². The average molecular weight is 391 g/mol. The normalized spacial score (nSPS) is 19.1. The molecule has 2 amide bonds. The second kappa shape index (κ2) is 7.23. The fourth-order valence-corrected chi connectivity index (χ4v) is 3.34. The number of carbonyl (C=O) groups excluding carboxylic acids is 1. The molecule has 0 spiro atoms. The molecule has 0 fully saturated rings. The average Bonchev–Trinajstić information content (AvgIpc) is 2.60. The number of urea groups is 1. The molecule has 0 aromatic heterocycles. The van der Waals surface area contributed by atoms with Gasteiger partial charge in [0.1, 0.15) is 5.75 Å². The lowest BCUT2D eigenvalue weighted by molar-refractivity contribution is 0.0738. The Morgan fingerprint density at radius 2 is 2.08 bits per heavy atom. The van der Waals surface area contributed by atoms with Crippen molar-refractivity contribution in [2.75, 3.05) is 25.6 Å². The number of ether oxygens (including phenoxy) is 1. The first kappa shape index (κ1) is 16.8. The molecule has 2 atom stereocenters. The van der Waals surface area contributed by atoms with Crippen LogP contribution in [0.15, 0.2) is 53.0 Å². The molecule has 1 aliphatic heterocycles. The molecule has 0 aliphatic carbocycles. The SMILES string of the molecule is CN(C(=O)Nc1ccccc1)[C@@H]1c2cc(Br)ccc2OC[C@H]1CO. The van der Waals surface area contributed by atoms with Crippen LogP contribution in [0.2, 0.25) is 0 Å². The van der Waals surface area contributed by atoms with E-state index < -0.39 is 0 Å². The van der Waals surface area contributed by atoms with Crippen LogP contribution in [0.25, 0.3) is 0 Å². The second-order valence-electron chi connectivity index (χ2n) is 5.79. The molecular formula is C18H19BrN2O3. The molecular weight excluding hydrogens is 372 g/mol. The number of hydrogen-bond acceptors (Lipinski definition) is 3. The first-order chi connectivity index (χ1) is 11.6. The number of aliphatic hydroxyl groups is 1. The van der Waals surface area contributed by atoms with E-state index in [1.54, 1.807) is 11.9 Å². The topological polar surface area (TPSA) is 61.8 Å². The maximum absolute atomic E-state index is 12.6. The zero-order valence-electron chi connectivity index (χ0n) is 13.3. The van der Waals surface area contributed by atoms with Crippen LogP contribution in [0, 0.1) is 5.92 Å². The van der Waals surface area contributed by atoms with Gasteiger partial charge in [0.05, 0.1) is 19.3 Å². The van der Waals surface area contributed by atoms with E-state index in [9.17, 15) is 9.90 Å². The van der Waals surface area contributed by atoms with Gasteiger partial charge in [-0.05, 0) is 30.3 Å². The molecule has 2 aromatic rings. The standard InChI is InChI=1S/C18H19BrN2O3/c1-21(18(23)20-14-5-3-2-4-6-14)17-12(10-22)11-24-16-8-7-13(19)9-15(16)17/h2-9,12,17,22H,10-11H2,1H3,(H,20,23)/t12-,17+/m1/s1. The third-order valence-corrected chi connectivity index (χ3v) is 4.68. The van der Waals surface area contributed by atoms with Crippen molar-refractivity contribution in [3.8, 4) is 5.75 Å². The minimum absolute atomic E-state index is 0.0560. The van der Waals surface area contributed by atoms with E-state index in [0.717, 1.165) is 21.5 Å². The lowest BCUT2D eigenvalue weighted by atomic mass is 9.90. The van der Waals surface area contributed by atoms with Crippen LogP contribution < -0.4 is 10.1 Å². The molecule has 1 aliphatic rings. The maximum atomic E-state index is 12.6. The van der Waals surface area contributed by atoms with Gasteiger partial charge in [-0.1, -0.05) is 34.1 Å². The van der Waals surface area contributed by atoms with Crippen LogP contribution >= 0.6 is 15.9 Å². The van der Waals surface area contributed by atoms with Crippen molar-refractivity contribution in [3.05, 3.63) is 58.6 Å². The first-order valence-corrected chi connectivity index (χ1v) is 8.51. The Kier molecular flexibility index (Phi) is 5.06. The zero-order chi connectivity index (χ0) is 17.1. The van der Waals surface area contributed by atoms with Gasteiger partial charge in [0.2, 0.25) is 0 Å². The number of para-hydroxylation sites is 1. The third kappa shape index (κ3) is 3.39. The summed E-state index contributed by atoms with van der Waals surface area (Å²) in [5, 5.41) is 12.6. The first-order valence-electron chi connectivity index (χ1n) is 7.72. The second-order valence-corrected chi connectivity index (χ2v) is 6.70. The van der Waals surface area contributed by atoms with Gasteiger partial charge in [-0.25, -0.2) is 4.79 Å². The van der Waals surface area contributed by atoms with Gasteiger partial charge in [-0.15, -0.1) is 0 Å². The molecule has 0 bridgehead atoms. The number of benzene rings is 2. The number of carbonyl (C=O) groups is 1. The Hall–Kier alpha value is -2.05. The molecule has 6 heteroatoms. The Morgan fingerprint density at radius 3 is 2.79 bits per heavy atom. The Morgan fingerprint density at radius 1 is 1.33 bits per heavy atom. The van der Waals surface area contributed by atoms with Crippen molar-refractivity contribution in [1.29, 1.82) is 0 Å². The molecule has 3 rings (SSSR count). The van der Waals surface area contributed by atoms with Gasteiger partial charge >= 0.3 is 6.03 Å². The molecule has 2 N–H and O–H groups in total. The number of rotatable bonds is 3. The summed E-state index contributed by atoms with van der Waals surface area (Å²) in [6.45, 7) is 0.318. The number of fused-ring (bicyclic) bond motifs is 1. The predicted octanol–water partition coefficient (Wildman–Crippen LogP) is 3.66. The number of nitrogens with zero attached hydrogens (tertiary/aromatic N) is 1. The minimum atomic E-state index is -0.264. The van der Waals surface area contributed by atoms with E-state index in [1.807, 2.05) is 48.5 Å². The molecule has 5 nitrogen and oxygen atoms in total. The van der Waals surface area contributed by atoms with Crippen molar-refractivity contribution in [3.63, 3.8) is 0 Å². The highest BCUT2D eigenvalue weighted by Crippen LogP contribution is 2.40. The number of nitrogens with one attached hydrogen (secondary N) is 1.